The lowest BCUT2D eigenvalue weighted by atomic mass is 10.0. The number of Topliss-reactive ketones (excluding diaryl/α,β-unsaturated/α-hetero) is 1. The molecule has 0 bridgehead atoms. The van der Waals surface area contributed by atoms with Crippen LogP contribution in [0, 0.1) is 0 Å². The van der Waals surface area contributed by atoms with Gasteiger partial charge in [0, 0.05) is 23.0 Å². The van der Waals surface area contributed by atoms with Gasteiger partial charge in [0.05, 0.1) is 0 Å². The lowest BCUT2D eigenvalue weighted by Crippen LogP contribution is -1.99. The van der Waals surface area contributed by atoms with Crippen LogP contribution in [0.4, 0.5) is 0 Å². The van der Waals surface area contributed by atoms with Gasteiger partial charge in [0.25, 0.3) is 0 Å². The van der Waals surface area contributed by atoms with Gasteiger partial charge in [0.1, 0.15) is 0 Å². The van der Waals surface area contributed by atoms with Gasteiger partial charge in [0.15, 0.2) is 5.78 Å². The molecule has 0 aliphatic carbocycles. The van der Waals surface area contributed by atoms with Crippen molar-refractivity contribution in [3.05, 3.63) is 66.1 Å². The molecule has 1 aromatic heterocycles. The Kier molecular flexibility index (Phi) is 5.80. The number of allylic oxidation sites excluding steroid dienone is 7. The van der Waals surface area contributed by atoms with E-state index in [9.17, 15) is 4.79 Å². The molecule has 0 aromatic carbocycles. The van der Waals surface area contributed by atoms with Crippen LogP contribution in [0.5, 0.6) is 0 Å². The average molecular weight is 255 g/mol. The first-order valence-electron chi connectivity index (χ1n) is 6.49. The van der Waals surface area contributed by atoms with Gasteiger partial charge in [-0.15, -0.1) is 0 Å². The molecule has 0 unspecified atom stereocenters. The van der Waals surface area contributed by atoms with Crippen molar-refractivity contribution in [2.24, 2.45) is 0 Å². The minimum Gasteiger partial charge on any atom is -0.361 e. The number of hydrogen-bond acceptors (Lipinski definition) is 1. The zero-order valence-corrected chi connectivity index (χ0v) is 11.9. The quantitative estimate of drug-likeness (QED) is 0.446. The maximum absolute atomic E-state index is 12.3. The summed E-state index contributed by atoms with van der Waals surface area (Å²) in [6.45, 7) is 9.66. The summed E-state index contributed by atoms with van der Waals surface area (Å²) in [5.74, 6) is 0.00444. The van der Waals surface area contributed by atoms with Gasteiger partial charge in [-0.05, 0) is 31.9 Å². The van der Waals surface area contributed by atoms with Gasteiger partial charge < -0.3 is 4.98 Å². The van der Waals surface area contributed by atoms with Crippen LogP contribution in [-0.2, 0) is 0 Å². The molecule has 0 radical (unpaired) electrons. The largest absolute Gasteiger partial charge is 0.361 e. The van der Waals surface area contributed by atoms with E-state index in [0.717, 1.165) is 17.7 Å². The van der Waals surface area contributed by atoms with E-state index in [-0.39, 0.29) is 5.78 Å². The summed E-state index contributed by atoms with van der Waals surface area (Å²) in [5.41, 5.74) is 3.45. The second kappa shape index (κ2) is 7.37. The van der Waals surface area contributed by atoms with Crippen molar-refractivity contribution in [3.63, 3.8) is 0 Å². The lowest BCUT2D eigenvalue weighted by molar-refractivity contribution is 0.103. The predicted octanol–water partition coefficient (Wildman–Crippen LogP) is 4.70. The summed E-state index contributed by atoms with van der Waals surface area (Å²) >= 11 is 0. The van der Waals surface area contributed by atoms with Gasteiger partial charge in [-0.2, -0.15) is 0 Å². The molecule has 1 heterocycles. The Morgan fingerprint density at radius 2 is 2.21 bits per heavy atom. The van der Waals surface area contributed by atoms with Crippen molar-refractivity contribution >= 4 is 11.4 Å². The molecule has 19 heavy (non-hydrogen) atoms. The molecule has 2 heteroatoms. The maximum Gasteiger partial charge on any atom is 0.194 e. The van der Waals surface area contributed by atoms with Gasteiger partial charge in [-0.1, -0.05) is 43.9 Å². The summed E-state index contributed by atoms with van der Waals surface area (Å²) in [5, 5.41) is 0. The zero-order chi connectivity index (χ0) is 14.3. The fourth-order valence-electron chi connectivity index (χ4n) is 1.85. The molecule has 2 nitrogen and oxygen atoms in total. The summed E-state index contributed by atoms with van der Waals surface area (Å²) in [7, 11) is 0. The average Bonchev–Trinajstić information content (AvgIpc) is 2.87. The fourth-order valence-corrected chi connectivity index (χ4v) is 1.85. The van der Waals surface area contributed by atoms with Crippen LogP contribution in [0.1, 0.15) is 43.2 Å². The van der Waals surface area contributed by atoms with E-state index in [1.165, 1.54) is 0 Å². The minimum atomic E-state index is 0.00444. The van der Waals surface area contributed by atoms with E-state index in [1.54, 1.807) is 24.4 Å². The Hall–Kier alpha value is -2.09. The van der Waals surface area contributed by atoms with Crippen molar-refractivity contribution in [2.45, 2.75) is 27.2 Å². The molecular weight excluding hydrogens is 234 g/mol. The second-order valence-corrected chi connectivity index (χ2v) is 4.28. The van der Waals surface area contributed by atoms with Crippen LogP contribution >= 0.6 is 0 Å². The first kappa shape index (κ1) is 15.0. The smallest absolute Gasteiger partial charge is 0.194 e. The summed E-state index contributed by atoms with van der Waals surface area (Å²) in [4.78, 5) is 15.5. The summed E-state index contributed by atoms with van der Waals surface area (Å²) in [6.07, 6.45) is 11.9. The molecule has 0 aliphatic heterocycles. The van der Waals surface area contributed by atoms with Crippen LogP contribution < -0.4 is 0 Å². The highest BCUT2D eigenvalue weighted by molar-refractivity contribution is 6.11. The Morgan fingerprint density at radius 3 is 2.79 bits per heavy atom. The van der Waals surface area contributed by atoms with E-state index in [2.05, 4.69) is 24.6 Å². The third-order valence-electron chi connectivity index (χ3n) is 2.79. The number of carbonyl (C=O) groups excluding carboxylic acids is 1. The number of aromatic amines is 1. The van der Waals surface area contributed by atoms with E-state index >= 15 is 0 Å². The maximum atomic E-state index is 12.3. The van der Waals surface area contributed by atoms with E-state index in [4.69, 9.17) is 0 Å². The Bertz CT molecular complexity index is 541. The van der Waals surface area contributed by atoms with E-state index in [1.807, 2.05) is 26.0 Å². The number of ketones is 1. The molecule has 1 rings (SSSR count). The van der Waals surface area contributed by atoms with Crippen LogP contribution in [0.2, 0.25) is 0 Å². The number of H-pyrrole nitrogens is 1. The SMILES string of the molecule is C=C/C=C(\C=C/C)C(=O)c1c[nH]c(/C(C)=C/CC)c1. The summed E-state index contributed by atoms with van der Waals surface area (Å²) < 4.78 is 0. The van der Waals surface area contributed by atoms with Crippen LogP contribution in [0.25, 0.3) is 5.57 Å². The molecule has 0 saturated heterocycles. The molecule has 0 aliphatic rings. The molecule has 0 atom stereocenters. The molecule has 1 aromatic rings. The number of carbonyl (C=O) groups is 1. The second-order valence-electron chi connectivity index (χ2n) is 4.28. The van der Waals surface area contributed by atoms with Crippen molar-refractivity contribution in [1.29, 1.82) is 0 Å². The van der Waals surface area contributed by atoms with E-state index in [0.29, 0.717) is 11.1 Å². The van der Waals surface area contributed by atoms with Crippen LogP contribution in [0.15, 0.2) is 54.8 Å². The predicted molar refractivity (Wildman–Crippen MR) is 82.2 cm³/mol. The normalized spacial score (nSPS) is 13.0. The Balaban J connectivity index is 3.04. The number of rotatable bonds is 6. The van der Waals surface area contributed by atoms with Crippen LogP contribution in [0.3, 0.4) is 0 Å². The number of aromatic nitrogens is 1. The zero-order valence-electron chi connectivity index (χ0n) is 11.9. The molecule has 0 spiro atoms. The molecule has 0 amide bonds. The van der Waals surface area contributed by atoms with Crippen molar-refractivity contribution in [3.8, 4) is 0 Å². The van der Waals surface area contributed by atoms with Gasteiger partial charge in [-0.3, -0.25) is 4.79 Å². The first-order valence-corrected chi connectivity index (χ1v) is 6.49. The van der Waals surface area contributed by atoms with Crippen molar-refractivity contribution < 1.29 is 4.79 Å². The van der Waals surface area contributed by atoms with Gasteiger partial charge >= 0.3 is 0 Å². The topological polar surface area (TPSA) is 32.9 Å². The molecule has 0 fully saturated rings. The van der Waals surface area contributed by atoms with Crippen molar-refractivity contribution in [2.75, 3.05) is 0 Å². The minimum absolute atomic E-state index is 0.00444. The van der Waals surface area contributed by atoms with Crippen molar-refractivity contribution in [1.82, 2.24) is 4.98 Å². The third kappa shape index (κ3) is 3.95. The number of nitrogens with one attached hydrogen (secondary N) is 1. The molecule has 0 saturated carbocycles. The third-order valence-corrected chi connectivity index (χ3v) is 2.79. The van der Waals surface area contributed by atoms with Crippen LogP contribution in [-0.4, -0.2) is 10.8 Å². The fraction of sp³-hybridized carbons (Fsp3) is 0.235. The van der Waals surface area contributed by atoms with Gasteiger partial charge in [0.2, 0.25) is 0 Å². The standard InChI is InChI=1S/C17H21NO/c1-5-8-13(4)16-11-15(12-18-16)17(19)14(9-6-2)10-7-3/h6-12,18H,2,5H2,1,3-4H3/b10-7-,13-8+,14-9+. The highest BCUT2D eigenvalue weighted by Gasteiger charge is 2.11. The van der Waals surface area contributed by atoms with Gasteiger partial charge in [-0.25, -0.2) is 0 Å². The first-order chi connectivity index (χ1) is 9.13. The molecular formula is C17H21NO. The Morgan fingerprint density at radius 1 is 1.47 bits per heavy atom. The highest BCUT2D eigenvalue weighted by atomic mass is 16.1. The van der Waals surface area contributed by atoms with E-state index < -0.39 is 0 Å². The lowest BCUT2D eigenvalue weighted by Gasteiger charge is -1.98. The monoisotopic (exact) mass is 255 g/mol. The summed E-state index contributed by atoms with van der Waals surface area (Å²) in [6, 6.07) is 1.89. The Labute approximate surface area is 115 Å². The number of hydrogen-bond donors (Lipinski definition) is 1. The highest BCUT2D eigenvalue weighted by Crippen LogP contribution is 2.17. The molecule has 100 valence electrons. The molecule has 1 N–H and O–H groups in total.